The van der Waals surface area contributed by atoms with Crippen LogP contribution in [0.2, 0.25) is 0 Å². The lowest BCUT2D eigenvalue weighted by molar-refractivity contribution is 0.768. The maximum absolute atomic E-state index is 2.50. The maximum Gasteiger partial charge on any atom is 0.0782 e. The first-order chi connectivity index (χ1) is 30.3. The summed E-state index contributed by atoms with van der Waals surface area (Å²) in [6.45, 7) is 0. The Balaban J connectivity index is 1.18. The average molecular weight is 777 g/mol. The third-order valence-electron chi connectivity index (χ3n) is 12.8. The van der Waals surface area contributed by atoms with Crippen molar-refractivity contribution < 1.29 is 0 Å². The van der Waals surface area contributed by atoms with Crippen molar-refractivity contribution in [2.45, 2.75) is 5.41 Å². The number of nitrogens with zero attached hydrogens (tertiary/aromatic N) is 2. The zero-order valence-corrected chi connectivity index (χ0v) is 33.5. The van der Waals surface area contributed by atoms with Crippen molar-refractivity contribution in [2.75, 3.05) is 4.90 Å². The van der Waals surface area contributed by atoms with Crippen LogP contribution in [0.15, 0.2) is 243 Å². The van der Waals surface area contributed by atoms with Crippen LogP contribution in [0.25, 0.3) is 60.5 Å². The molecule has 12 rings (SSSR count). The number of rotatable bonds is 7. The molecule has 0 radical (unpaired) electrons. The van der Waals surface area contributed by atoms with Gasteiger partial charge in [0.25, 0.3) is 0 Å². The molecule has 0 fully saturated rings. The molecule has 0 amide bonds. The average Bonchev–Trinajstić information content (AvgIpc) is 3.84. The minimum atomic E-state index is -0.534. The van der Waals surface area contributed by atoms with E-state index in [0.717, 1.165) is 28.3 Å². The van der Waals surface area contributed by atoms with Gasteiger partial charge < -0.3 is 9.47 Å². The van der Waals surface area contributed by atoms with Crippen molar-refractivity contribution >= 4 is 49.6 Å². The second-order valence-corrected chi connectivity index (χ2v) is 16.1. The van der Waals surface area contributed by atoms with Crippen LogP contribution < -0.4 is 4.90 Å². The van der Waals surface area contributed by atoms with Crippen LogP contribution in [0.3, 0.4) is 0 Å². The molecule has 1 aliphatic carbocycles. The largest absolute Gasteiger partial charge is 0.308 e. The van der Waals surface area contributed by atoms with Crippen molar-refractivity contribution in [1.82, 2.24) is 4.57 Å². The molecule has 2 nitrogen and oxygen atoms in total. The number of para-hydroxylation sites is 2. The molecule has 0 N–H and O–H groups in total. The molecule has 1 aromatic heterocycles. The first kappa shape index (κ1) is 35.0. The Morgan fingerprint density at radius 2 is 0.967 bits per heavy atom. The molecule has 0 atom stereocenters. The summed E-state index contributed by atoms with van der Waals surface area (Å²) in [7, 11) is 0. The monoisotopic (exact) mass is 776 g/mol. The summed E-state index contributed by atoms with van der Waals surface area (Å²) in [5, 5.41) is 4.88. The normalized spacial score (nSPS) is 12.7. The summed E-state index contributed by atoms with van der Waals surface area (Å²) >= 11 is 0. The Morgan fingerprint density at radius 3 is 1.77 bits per heavy atom. The zero-order valence-electron chi connectivity index (χ0n) is 33.5. The molecule has 286 valence electrons. The predicted molar refractivity (Wildman–Crippen MR) is 256 cm³/mol. The Bertz CT molecular complexity index is 3380. The first-order valence-electron chi connectivity index (χ1n) is 21.1. The van der Waals surface area contributed by atoms with E-state index in [2.05, 4.69) is 252 Å². The van der Waals surface area contributed by atoms with Crippen molar-refractivity contribution in [2.24, 2.45) is 0 Å². The summed E-state index contributed by atoms with van der Waals surface area (Å²) in [5.74, 6) is 0. The summed E-state index contributed by atoms with van der Waals surface area (Å²) in [6, 6.07) is 89.2. The van der Waals surface area contributed by atoms with Gasteiger partial charge in [-0.25, -0.2) is 0 Å². The second kappa shape index (κ2) is 14.1. The highest BCUT2D eigenvalue weighted by Crippen LogP contribution is 2.57. The van der Waals surface area contributed by atoms with Gasteiger partial charge in [-0.1, -0.05) is 194 Å². The van der Waals surface area contributed by atoms with Crippen molar-refractivity contribution in [3.8, 4) is 27.9 Å². The van der Waals surface area contributed by atoms with Gasteiger partial charge in [-0.2, -0.15) is 0 Å². The summed E-state index contributed by atoms with van der Waals surface area (Å²) < 4.78 is 2.47. The van der Waals surface area contributed by atoms with Gasteiger partial charge in [-0.15, -0.1) is 0 Å². The number of benzene rings is 10. The number of anilines is 3. The SMILES string of the molecule is c1ccc(-c2cccc(N(c3ccc4c(c3)C(c3ccccc3)(c3ccccc3)c3ccccc3-4)c3cccc4c5ccccc5n(-c5ccc6ccccc6c5)c34)c2)cc1. The minimum absolute atomic E-state index is 0.534. The Morgan fingerprint density at radius 1 is 0.361 bits per heavy atom. The van der Waals surface area contributed by atoms with Crippen LogP contribution in [0.4, 0.5) is 17.1 Å². The third kappa shape index (κ3) is 5.43. The van der Waals surface area contributed by atoms with Crippen LogP contribution in [0.5, 0.6) is 0 Å². The van der Waals surface area contributed by atoms with Crippen LogP contribution in [-0.4, -0.2) is 4.57 Å². The minimum Gasteiger partial charge on any atom is -0.308 e. The molecule has 10 aromatic carbocycles. The molecular formula is C59H40N2. The summed E-state index contributed by atoms with van der Waals surface area (Å²) in [4.78, 5) is 2.50. The highest BCUT2D eigenvalue weighted by molar-refractivity contribution is 6.14. The lowest BCUT2D eigenvalue weighted by Gasteiger charge is -2.35. The molecule has 0 saturated carbocycles. The lowest BCUT2D eigenvalue weighted by Crippen LogP contribution is -2.28. The number of aromatic nitrogens is 1. The highest BCUT2D eigenvalue weighted by atomic mass is 15.2. The van der Waals surface area contributed by atoms with E-state index < -0.39 is 5.41 Å². The number of hydrogen-bond donors (Lipinski definition) is 0. The van der Waals surface area contributed by atoms with Gasteiger partial charge in [0.1, 0.15) is 0 Å². The van der Waals surface area contributed by atoms with E-state index in [-0.39, 0.29) is 0 Å². The van der Waals surface area contributed by atoms with E-state index in [1.54, 1.807) is 0 Å². The lowest BCUT2D eigenvalue weighted by atomic mass is 9.67. The van der Waals surface area contributed by atoms with Crippen LogP contribution in [-0.2, 0) is 5.41 Å². The maximum atomic E-state index is 2.50. The standard InChI is InChI=1S/C59H40N2/c1-4-18-41(19-5-1)44-22-16-27-47(38-44)60(57-33-17-30-53-52-29-13-15-32-56(52)61(58(53)57)48-35-34-42-20-10-11-21-43(42)39-48)49-36-37-51-50-28-12-14-31-54(50)59(55(51)40-49,45-23-6-2-7-24-45)46-25-8-3-9-26-46/h1-40H. The molecule has 2 heteroatoms. The first-order valence-corrected chi connectivity index (χ1v) is 21.1. The Labute approximate surface area is 355 Å². The fraction of sp³-hybridized carbons (Fsp3) is 0.0169. The second-order valence-electron chi connectivity index (χ2n) is 16.1. The van der Waals surface area contributed by atoms with Gasteiger partial charge in [-0.3, -0.25) is 0 Å². The van der Waals surface area contributed by atoms with E-state index in [1.165, 1.54) is 71.6 Å². The number of hydrogen-bond acceptors (Lipinski definition) is 1. The molecule has 0 aliphatic heterocycles. The van der Waals surface area contributed by atoms with Gasteiger partial charge in [0.05, 0.1) is 22.1 Å². The van der Waals surface area contributed by atoms with E-state index in [9.17, 15) is 0 Å². The van der Waals surface area contributed by atoms with E-state index >= 15 is 0 Å². The fourth-order valence-electron chi connectivity index (χ4n) is 10.2. The molecular weight excluding hydrogens is 737 g/mol. The van der Waals surface area contributed by atoms with Crippen molar-refractivity contribution in [3.63, 3.8) is 0 Å². The van der Waals surface area contributed by atoms with Gasteiger partial charge in [0.2, 0.25) is 0 Å². The summed E-state index contributed by atoms with van der Waals surface area (Å²) in [5.41, 5.74) is 16.2. The Hall–Kier alpha value is -7.94. The summed E-state index contributed by atoms with van der Waals surface area (Å²) in [6.07, 6.45) is 0. The molecule has 1 aliphatic rings. The molecule has 1 heterocycles. The van der Waals surface area contributed by atoms with Crippen LogP contribution in [0.1, 0.15) is 22.3 Å². The van der Waals surface area contributed by atoms with Crippen molar-refractivity contribution in [3.05, 3.63) is 265 Å². The topological polar surface area (TPSA) is 8.17 Å². The van der Waals surface area contributed by atoms with E-state index in [0.29, 0.717) is 0 Å². The fourth-order valence-corrected chi connectivity index (χ4v) is 10.2. The van der Waals surface area contributed by atoms with Crippen LogP contribution >= 0.6 is 0 Å². The number of fused-ring (bicyclic) bond motifs is 7. The smallest absolute Gasteiger partial charge is 0.0782 e. The molecule has 0 bridgehead atoms. The van der Waals surface area contributed by atoms with Gasteiger partial charge in [0, 0.05) is 27.8 Å². The van der Waals surface area contributed by atoms with Crippen LogP contribution in [0, 0.1) is 0 Å². The van der Waals surface area contributed by atoms with Gasteiger partial charge in [0.15, 0.2) is 0 Å². The molecule has 0 spiro atoms. The zero-order chi connectivity index (χ0) is 40.3. The Kier molecular flexibility index (Phi) is 8.11. The molecule has 61 heavy (non-hydrogen) atoms. The van der Waals surface area contributed by atoms with E-state index in [4.69, 9.17) is 0 Å². The van der Waals surface area contributed by atoms with Gasteiger partial charge >= 0.3 is 0 Å². The third-order valence-corrected chi connectivity index (χ3v) is 12.8. The highest BCUT2D eigenvalue weighted by Gasteiger charge is 2.46. The quantitative estimate of drug-likeness (QED) is 0.156. The predicted octanol–water partition coefficient (Wildman–Crippen LogP) is 15.4. The molecule has 11 aromatic rings. The van der Waals surface area contributed by atoms with Gasteiger partial charge in [-0.05, 0) is 104 Å². The van der Waals surface area contributed by atoms with E-state index in [1.807, 2.05) is 0 Å². The molecule has 0 unspecified atom stereocenters. The van der Waals surface area contributed by atoms with Crippen molar-refractivity contribution in [1.29, 1.82) is 0 Å². The molecule has 0 saturated heterocycles.